The van der Waals surface area contributed by atoms with Gasteiger partial charge in [-0.15, -0.1) is 11.3 Å². The van der Waals surface area contributed by atoms with E-state index in [0.717, 1.165) is 47.0 Å². The molecule has 0 spiro atoms. The summed E-state index contributed by atoms with van der Waals surface area (Å²) in [6.45, 7) is 2.19. The van der Waals surface area contributed by atoms with Crippen molar-refractivity contribution in [2.75, 3.05) is 13.7 Å². The molecule has 0 saturated heterocycles. The fraction of sp³-hybridized carbons (Fsp3) is 0.278. The molecule has 0 saturated carbocycles. The molecule has 0 aromatic carbocycles. The molecule has 25 heavy (non-hydrogen) atoms. The van der Waals surface area contributed by atoms with E-state index in [4.69, 9.17) is 4.74 Å². The number of rotatable bonds is 4. The predicted octanol–water partition coefficient (Wildman–Crippen LogP) is 2.46. The van der Waals surface area contributed by atoms with Gasteiger partial charge in [0.25, 0.3) is 5.56 Å². The zero-order chi connectivity index (χ0) is 17.2. The number of methoxy groups -OCH3 is 1. The number of H-pyrrole nitrogens is 1. The molecular weight excluding hydrogens is 336 g/mol. The first-order valence-electron chi connectivity index (χ1n) is 8.09. The molecule has 0 bridgehead atoms. The summed E-state index contributed by atoms with van der Waals surface area (Å²) in [5, 5.41) is 1.98. The molecule has 3 aromatic rings. The van der Waals surface area contributed by atoms with E-state index in [2.05, 4.69) is 19.9 Å². The number of fused-ring (bicyclic) bond motifs is 1. The van der Waals surface area contributed by atoms with Crippen molar-refractivity contribution in [2.24, 2.45) is 0 Å². The minimum atomic E-state index is -0.0399. The highest BCUT2D eigenvalue weighted by atomic mass is 32.1. The zero-order valence-electron chi connectivity index (χ0n) is 13.9. The van der Waals surface area contributed by atoms with Crippen LogP contribution in [-0.2, 0) is 19.5 Å². The summed E-state index contributed by atoms with van der Waals surface area (Å²) in [5.41, 5.74) is 2.71. The second-order valence-corrected chi connectivity index (χ2v) is 6.96. The molecule has 7 heteroatoms. The Labute approximate surface area is 149 Å². The molecule has 1 aliphatic heterocycles. The fourth-order valence-electron chi connectivity index (χ4n) is 3.07. The first kappa shape index (κ1) is 16.0. The van der Waals surface area contributed by atoms with Crippen molar-refractivity contribution >= 4 is 11.3 Å². The molecule has 0 unspecified atom stereocenters. The third-order valence-corrected chi connectivity index (χ3v) is 5.19. The molecule has 0 radical (unpaired) electrons. The Kier molecular flexibility index (Phi) is 4.33. The molecule has 0 aliphatic carbocycles. The molecule has 128 valence electrons. The average Bonchev–Trinajstić information content (AvgIpc) is 3.17. The third kappa shape index (κ3) is 3.33. The van der Waals surface area contributed by atoms with Gasteiger partial charge >= 0.3 is 0 Å². The lowest BCUT2D eigenvalue weighted by Gasteiger charge is -2.27. The predicted molar refractivity (Wildman–Crippen MR) is 96.8 cm³/mol. The number of hydrogen-bond donors (Lipinski definition) is 1. The van der Waals surface area contributed by atoms with Crippen molar-refractivity contribution in [3.8, 4) is 16.5 Å². The van der Waals surface area contributed by atoms with Gasteiger partial charge in [-0.25, -0.2) is 4.98 Å². The monoisotopic (exact) mass is 354 g/mol. The molecule has 0 amide bonds. The first-order chi connectivity index (χ1) is 12.2. The van der Waals surface area contributed by atoms with Crippen LogP contribution in [0.25, 0.3) is 10.7 Å². The van der Waals surface area contributed by atoms with E-state index in [1.54, 1.807) is 24.6 Å². The van der Waals surface area contributed by atoms with E-state index >= 15 is 0 Å². The Hall–Kier alpha value is -2.51. The maximum Gasteiger partial charge on any atom is 0.255 e. The molecule has 0 fully saturated rings. The van der Waals surface area contributed by atoms with E-state index in [9.17, 15) is 4.79 Å². The van der Waals surface area contributed by atoms with Crippen molar-refractivity contribution in [1.29, 1.82) is 0 Å². The van der Waals surface area contributed by atoms with Crippen LogP contribution in [0, 0.1) is 0 Å². The lowest BCUT2D eigenvalue weighted by molar-refractivity contribution is 0.241. The van der Waals surface area contributed by atoms with Crippen LogP contribution in [0.2, 0.25) is 0 Å². The molecule has 6 nitrogen and oxygen atoms in total. The number of ether oxygens (including phenoxy) is 1. The van der Waals surface area contributed by atoms with Crippen molar-refractivity contribution in [1.82, 2.24) is 19.9 Å². The van der Waals surface area contributed by atoms with Crippen LogP contribution >= 0.6 is 11.3 Å². The second-order valence-electron chi connectivity index (χ2n) is 6.01. The van der Waals surface area contributed by atoms with Gasteiger partial charge in [-0.3, -0.25) is 14.7 Å². The van der Waals surface area contributed by atoms with Crippen LogP contribution in [0.5, 0.6) is 5.75 Å². The number of aromatic amines is 1. The number of nitrogens with one attached hydrogen (secondary N) is 1. The standard InChI is InChI=1S/C18H18N4O2S/c1-24-13-7-12(8-19-9-13)10-22-5-4-15-14(11-22)18(23)21-17(20-15)16-3-2-6-25-16/h2-3,6-9H,4-5,10-11H2,1H3,(H,20,21,23). The van der Waals surface area contributed by atoms with E-state index in [0.29, 0.717) is 12.4 Å². The molecule has 1 N–H and O–H groups in total. The largest absolute Gasteiger partial charge is 0.495 e. The van der Waals surface area contributed by atoms with Gasteiger partial charge in [0.1, 0.15) is 5.75 Å². The van der Waals surface area contributed by atoms with Gasteiger partial charge < -0.3 is 9.72 Å². The highest BCUT2D eigenvalue weighted by molar-refractivity contribution is 7.13. The maximum atomic E-state index is 12.5. The fourth-order valence-corrected chi connectivity index (χ4v) is 3.74. The molecule has 0 atom stereocenters. The SMILES string of the molecule is COc1cncc(CN2CCc3nc(-c4cccs4)[nH]c(=O)c3C2)c1. The van der Waals surface area contributed by atoms with E-state index in [-0.39, 0.29) is 5.56 Å². The number of hydrogen-bond acceptors (Lipinski definition) is 6. The number of nitrogens with zero attached hydrogens (tertiary/aromatic N) is 3. The summed E-state index contributed by atoms with van der Waals surface area (Å²) < 4.78 is 5.22. The normalized spacial score (nSPS) is 14.3. The molecule has 1 aliphatic rings. The van der Waals surface area contributed by atoms with Crippen molar-refractivity contribution in [3.63, 3.8) is 0 Å². The van der Waals surface area contributed by atoms with Crippen molar-refractivity contribution in [3.05, 3.63) is 63.1 Å². The van der Waals surface area contributed by atoms with Gasteiger partial charge in [0.05, 0.1) is 29.4 Å². The van der Waals surface area contributed by atoms with Crippen molar-refractivity contribution < 1.29 is 4.74 Å². The number of thiophene rings is 1. The van der Waals surface area contributed by atoms with E-state index in [1.165, 1.54) is 0 Å². The highest BCUT2D eigenvalue weighted by Gasteiger charge is 2.22. The molecule has 3 aromatic heterocycles. The van der Waals surface area contributed by atoms with Crippen LogP contribution in [0.15, 0.2) is 40.8 Å². The van der Waals surface area contributed by atoms with Gasteiger partial charge in [0.15, 0.2) is 5.82 Å². The van der Waals surface area contributed by atoms with Crippen LogP contribution in [-0.4, -0.2) is 33.5 Å². The van der Waals surface area contributed by atoms with E-state index < -0.39 is 0 Å². The van der Waals surface area contributed by atoms with E-state index in [1.807, 2.05) is 29.8 Å². The molecular formula is C18H18N4O2S. The van der Waals surface area contributed by atoms with Crippen molar-refractivity contribution in [2.45, 2.75) is 19.5 Å². The van der Waals surface area contributed by atoms with Gasteiger partial charge in [-0.2, -0.15) is 0 Å². The maximum absolute atomic E-state index is 12.5. The Bertz CT molecular complexity index is 936. The molecule has 4 rings (SSSR count). The van der Waals surface area contributed by atoms with Gasteiger partial charge in [0.2, 0.25) is 0 Å². The summed E-state index contributed by atoms with van der Waals surface area (Å²) in [4.78, 5) is 27.6. The summed E-state index contributed by atoms with van der Waals surface area (Å²) in [7, 11) is 1.63. The van der Waals surface area contributed by atoms with Crippen LogP contribution in [0.3, 0.4) is 0 Å². The average molecular weight is 354 g/mol. The lowest BCUT2D eigenvalue weighted by Crippen LogP contribution is -2.35. The first-order valence-corrected chi connectivity index (χ1v) is 8.97. The minimum Gasteiger partial charge on any atom is -0.495 e. The van der Waals surface area contributed by atoms with Crippen LogP contribution < -0.4 is 10.3 Å². The lowest BCUT2D eigenvalue weighted by atomic mass is 10.1. The second kappa shape index (κ2) is 6.78. The van der Waals surface area contributed by atoms with Gasteiger partial charge in [-0.1, -0.05) is 6.07 Å². The zero-order valence-corrected chi connectivity index (χ0v) is 14.7. The van der Waals surface area contributed by atoms with Gasteiger partial charge in [-0.05, 0) is 23.1 Å². The Morgan fingerprint density at radius 1 is 1.40 bits per heavy atom. The van der Waals surface area contributed by atoms with Crippen LogP contribution in [0.1, 0.15) is 16.8 Å². The minimum absolute atomic E-state index is 0.0399. The summed E-state index contributed by atoms with van der Waals surface area (Å²) >= 11 is 1.58. The highest BCUT2D eigenvalue weighted by Crippen LogP contribution is 2.23. The summed E-state index contributed by atoms with van der Waals surface area (Å²) in [6.07, 6.45) is 4.30. The Balaban J connectivity index is 1.56. The quantitative estimate of drug-likeness (QED) is 0.779. The topological polar surface area (TPSA) is 71.1 Å². The Morgan fingerprint density at radius 2 is 2.32 bits per heavy atom. The molecule has 4 heterocycles. The number of aromatic nitrogens is 3. The number of pyridine rings is 1. The Morgan fingerprint density at radius 3 is 3.12 bits per heavy atom. The van der Waals surface area contributed by atoms with Crippen LogP contribution in [0.4, 0.5) is 0 Å². The van der Waals surface area contributed by atoms with Gasteiger partial charge in [0, 0.05) is 32.3 Å². The smallest absolute Gasteiger partial charge is 0.255 e. The summed E-state index contributed by atoms with van der Waals surface area (Å²) in [6, 6.07) is 5.91. The summed E-state index contributed by atoms with van der Waals surface area (Å²) in [5.74, 6) is 1.42. The third-order valence-electron chi connectivity index (χ3n) is 4.31.